The first-order chi connectivity index (χ1) is 11.7. The Labute approximate surface area is 141 Å². The van der Waals surface area contributed by atoms with Crippen LogP contribution in [0.2, 0.25) is 0 Å². The molecular formula is C20H18O4. The van der Waals surface area contributed by atoms with Crippen molar-refractivity contribution in [2.45, 2.75) is 0 Å². The first-order valence-electron chi connectivity index (χ1n) is 7.49. The summed E-state index contributed by atoms with van der Waals surface area (Å²) in [5.74, 6) is -1.04. The lowest BCUT2D eigenvalue weighted by molar-refractivity contribution is -0.146. The van der Waals surface area contributed by atoms with E-state index in [-0.39, 0.29) is 13.2 Å². The second-order valence-electron chi connectivity index (χ2n) is 4.83. The van der Waals surface area contributed by atoms with Gasteiger partial charge in [-0.3, -0.25) is 0 Å². The molecule has 0 aromatic heterocycles. The number of benzene rings is 2. The van der Waals surface area contributed by atoms with Crippen LogP contribution in [0.25, 0.3) is 5.57 Å². The van der Waals surface area contributed by atoms with Gasteiger partial charge < -0.3 is 9.47 Å². The summed E-state index contributed by atoms with van der Waals surface area (Å²) in [5, 5.41) is 0. The van der Waals surface area contributed by atoms with Crippen LogP contribution in [0.15, 0.2) is 79.4 Å². The summed E-state index contributed by atoms with van der Waals surface area (Å²) in [7, 11) is 0. The van der Waals surface area contributed by atoms with E-state index in [2.05, 4.69) is 6.58 Å². The van der Waals surface area contributed by atoms with E-state index in [0.717, 1.165) is 22.8 Å². The highest BCUT2D eigenvalue weighted by molar-refractivity contribution is 5.96. The average molecular weight is 322 g/mol. The third kappa shape index (κ3) is 5.25. The van der Waals surface area contributed by atoms with Crippen molar-refractivity contribution >= 4 is 17.5 Å². The molecule has 0 radical (unpaired) electrons. The number of carbonyl (C=O) groups is 2. The lowest BCUT2D eigenvalue weighted by Crippen LogP contribution is -2.11. The Hall–Kier alpha value is -3.14. The summed E-state index contributed by atoms with van der Waals surface area (Å²) >= 11 is 0. The molecule has 0 aliphatic carbocycles. The number of esters is 2. The van der Waals surface area contributed by atoms with E-state index in [1.165, 1.54) is 6.08 Å². The van der Waals surface area contributed by atoms with Crippen molar-refractivity contribution < 1.29 is 19.1 Å². The number of hydrogen-bond donors (Lipinski definition) is 0. The quantitative estimate of drug-likeness (QED) is 0.445. The van der Waals surface area contributed by atoms with Gasteiger partial charge in [-0.05, 0) is 16.7 Å². The monoisotopic (exact) mass is 322 g/mol. The average Bonchev–Trinajstić information content (AvgIpc) is 2.64. The third-order valence-corrected chi connectivity index (χ3v) is 3.17. The van der Waals surface area contributed by atoms with Gasteiger partial charge in [0.25, 0.3) is 0 Å². The minimum absolute atomic E-state index is 0.00353. The summed E-state index contributed by atoms with van der Waals surface area (Å²) in [6.45, 7) is 3.28. The Morgan fingerprint density at radius 2 is 1.25 bits per heavy atom. The smallest absolute Gasteiger partial charge is 0.331 e. The number of hydrogen-bond acceptors (Lipinski definition) is 4. The highest BCUT2D eigenvalue weighted by atomic mass is 16.6. The van der Waals surface area contributed by atoms with Crippen molar-refractivity contribution in [3.63, 3.8) is 0 Å². The normalized spacial score (nSPS) is 9.67. The van der Waals surface area contributed by atoms with Crippen molar-refractivity contribution in [1.29, 1.82) is 0 Å². The number of carbonyl (C=O) groups excluding carboxylic acids is 2. The van der Waals surface area contributed by atoms with Crippen LogP contribution < -0.4 is 0 Å². The Morgan fingerprint density at radius 3 is 1.71 bits per heavy atom. The molecule has 122 valence electrons. The molecule has 2 aromatic carbocycles. The van der Waals surface area contributed by atoms with E-state index in [4.69, 9.17) is 9.47 Å². The van der Waals surface area contributed by atoms with Crippen molar-refractivity contribution in [3.05, 3.63) is 90.5 Å². The molecule has 24 heavy (non-hydrogen) atoms. The summed E-state index contributed by atoms with van der Waals surface area (Å²) in [4.78, 5) is 23.0. The maximum atomic E-state index is 12.1. The molecule has 0 fully saturated rings. The highest BCUT2D eigenvalue weighted by Gasteiger charge is 2.08. The highest BCUT2D eigenvalue weighted by Crippen LogP contribution is 2.23. The van der Waals surface area contributed by atoms with E-state index < -0.39 is 11.9 Å². The fraction of sp³-hybridized carbons (Fsp3) is 0.100. The second kappa shape index (κ2) is 9.10. The molecule has 0 unspecified atom stereocenters. The molecule has 0 heterocycles. The molecule has 4 heteroatoms. The van der Waals surface area contributed by atoms with Crippen molar-refractivity contribution in [2.75, 3.05) is 13.2 Å². The molecular weight excluding hydrogens is 304 g/mol. The summed E-state index contributed by atoms with van der Waals surface area (Å²) < 4.78 is 9.84. The number of rotatable bonds is 7. The lowest BCUT2D eigenvalue weighted by atomic mass is 9.98. The second-order valence-corrected chi connectivity index (χ2v) is 4.83. The van der Waals surface area contributed by atoms with Gasteiger partial charge in [0.1, 0.15) is 13.2 Å². The molecule has 2 aromatic rings. The first kappa shape index (κ1) is 17.2. The molecule has 0 saturated carbocycles. The van der Waals surface area contributed by atoms with Crippen LogP contribution in [0.5, 0.6) is 0 Å². The van der Waals surface area contributed by atoms with Gasteiger partial charge in [-0.15, -0.1) is 0 Å². The van der Waals surface area contributed by atoms with Crippen LogP contribution in [-0.2, 0) is 19.1 Å². The molecule has 4 nitrogen and oxygen atoms in total. The zero-order valence-electron chi connectivity index (χ0n) is 13.2. The minimum atomic E-state index is -0.546. The van der Waals surface area contributed by atoms with Crippen LogP contribution in [0.4, 0.5) is 0 Å². The van der Waals surface area contributed by atoms with Crippen LogP contribution in [0.3, 0.4) is 0 Å². The predicted octanol–water partition coefficient (Wildman–Crippen LogP) is 3.39. The van der Waals surface area contributed by atoms with Gasteiger partial charge in [0.05, 0.1) is 0 Å². The van der Waals surface area contributed by atoms with Crippen LogP contribution in [0, 0.1) is 0 Å². The molecule has 0 bridgehead atoms. The first-order valence-corrected chi connectivity index (χ1v) is 7.49. The zero-order chi connectivity index (χ0) is 17.2. The molecule has 0 aliphatic rings. The zero-order valence-corrected chi connectivity index (χ0v) is 13.2. The molecule has 2 rings (SSSR count). The lowest BCUT2D eigenvalue weighted by Gasteiger charge is -2.09. The van der Waals surface area contributed by atoms with Crippen molar-refractivity contribution in [3.8, 4) is 0 Å². The van der Waals surface area contributed by atoms with E-state index in [9.17, 15) is 9.59 Å². The summed E-state index contributed by atoms with van der Waals surface area (Å²) in [5.41, 5.74) is 2.60. The molecule has 0 spiro atoms. The Morgan fingerprint density at radius 1 is 0.792 bits per heavy atom. The largest absolute Gasteiger partial charge is 0.459 e. The van der Waals surface area contributed by atoms with Crippen LogP contribution in [-0.4, -0.2) is 25.2 Å². The topological polar surface area (TPSA) is 52.6 Å². The van der Waals surface area contributed by atoms with Crippen LogP contribution in [0.1, 0.15) is 11.1 Å². The fourth-order valence-electron chi connectivity index (χ4n) is 2.07. The van der Waals surface area contributed by atoms with Crippen molar-refractivity contribution in [2.24, 2.45) is 0 Å². The van der Waals surface area contributed by atoms with Gasteiger partial charge in [0.2, 0.25) is 0 Å². The Balaban J connectivity index is 2.09. The molecule has 0 amide bonds. The van der Waals surface area contributed by atoms with Gasteiger partial charge in [-0.2, -0.15) is 0 Å². The summed E-state index contributed by atoms with van der Waals surface area (Å²) in [6, 6.07) is 19.2. The molecule has 0 N–H and O–H groups in total. The summed E-state index contributed by atoms with van der Waals surface area (Å²) in [6.07, 6.45) is 2.50. The van der Waals surface area contributed by atoms with Crippen molar-refractivity contribution in [1.82, 2.24) is 0 Å². The van der Waals surface area contributed by atoms with Gasteiger partial charge in [-0.25, -0.2) is 9.59 Å². The van der Waals surface area contributed by atoms with Gasteiger partial charge >= 0.3 is 11.9 Å². The van der Waals surface area contributed by atoms with E-state index in [1.807, 2.05) is 60.7 Å². The Kier molecular flexibility index (Phi) is 6.53. The molecule has 0 saturated heterocycles. The minimum Gasteiger partial charge on any atom is -0.459 e. The maximum Gasteiger partial charge on any atom is 0.331 e. The third-order valence-electron chi connectivity index (χ3n) is 3.17. The van der Waals surface area contributed by atoms with Crippen LogP contribution >= 0.6 is 0 Å². The van der Waals surface area contributed by atoms with Gasteiger partial charge in [0, 0.05) is 12.2 Å². The standard InChI is InChI=1S/C20H18O4/c1-2-19(21)23-13-14-24-20(22)15-18(16-9-5-3-6-10-16)17-11-7-4-8-12-17/h2-12,15H,1,13-14H2. The van der Waals surface area contributed by atoms with E-state index in [0.29, 0.717) is 0 Å². The SMILES string of the molecule is C=CC(=O)OCCOC(=O)C=C(c1ccccc1)c1ccccc1. The molecule has 0 atom stereocenters. The Bertz CT molecular complexity index is 676. The van der Waals surface area contributed by atoms with E-state index in [1.54, 1.807) is 0 Å². The van der Waals surface area contributed by atoms with Gasteiger partial charge in [-0.1, -0.05) is 67.2 Å². The predicted molar refractivity (Wildman–Crippen MR) is 92.1 cm³/mol. The number of ether oxygens (including phenoxy) is 2. The molecule has 0 aliphatic heterocycles. The van der Waals surface area contributed by atoms with Gasteiger partial charge in [0.15, 0.2) is 0 Å². The van der Waals surface area contributed by atoms with E-state index >= 15 is 0 Å². The maximum absolute atomic E-state index is 12.1. The fourth-order valence-corrected chi connectivity index (χ4v) is 2.07.